The van der Waals surface area contributed by atoms with Gasteiger partial charge in [-0.3, -0.25) is 4.79 Å². The minimum Gasteiger partial charge on any atom is -0.332 e. The van der Waals surface area contributed by atoms with Crippen molar-refractivity contribution in [3.05, 3.63) is 51.7 Å². The number of aryl methyl sites for hydroxylation is 1. The van der Waals surface area contributed by atoms with E-state index in [2.05, 4.69) is 22.0 Å². The second-order valence-corrected chi connectivity index (χ2v) is 7.02. The van der Waals surface area contributed by atoms with Crippen LogP contribution in [0.2, 0.25) is 0 Å². The van der Waals surface area contributed by atoms with Crippen LogP contribution in [-0.4, -0.2) is 11.9 Å². The third-order valence-corrected chi connectivity index (χ3v) is 5.24. The monoisotopic (exact) mass is 343 g/mol. The molecule has 0 radical (unpaired) electrons. The van der Waals surface area contributed by atoms with Crippen LogP contribution in [0, 0.1) is 0 Å². The maximum atomic E-state index is 12.2. The molecule has 0 aliphatic carbocycles. The molecule has 3 rings (SSSR count). The van der Waals surface area contributed by atoms with Crippen LogP contribution >= 0.6 is 11.3 Å². The number of nitrogens with one attached hydrogen (secondary N) is 3. The van der Waals surface area contributed by atoms with Gasteiger partial charge in [0.05, 0.1) is 12.1 Å². The molecule has 2 atom stereocenters. The van der Waals surface area contributed by atoms with Crippen molar-refractivity contribution in [3.8, 4) is 0 Å². The summed E-state index contributed by atoms with van der Waals surface area (Å²) >= 11 is 1.63. The van der Waals surface area contributed by atoms with Gasteiger partial charge in [0.2, 0.25) is 5.91 Å². The Kier molecular flexibility index (Phi) is 4.85. The van der Waals surface area contributed by atoms with Crippen molar-refractivity contribution in [1.82, 2.24) is 10.6 Å². The minimum atomic E-state index is -0.186. The van der Waals surface area contributed by atoms with Crippen molar-refractivity contribution < 1.29 is 9.59 Å². The number of rotatable bonds is 4. The molecule has 3 amide bonds. The molecular formula is C18H21N3O2S. The van der Waals surface area contributed by atoms with Gasteiger partial charge in [-0.05, 0) is 48.9 Å². The lowest BCUT2D eigenvalue weighted by Crippen LogP contribution is -2.38. The molecular weight excluding hydrogens is 322 g/mol. The number of anilines is 1. The van der Waals surface area contributed by atoms with E-state index in [1.807, 2.05) is 43.5 Å². The third-order valence-electron chi connectivity index (χ3n) is 4.19. The van der Waals surface area contributed by atoms with Gasteiger partial charge >= 0.3 is 6.03 Å². The van der Waals surface area contributed by atoms with Gasteiger partial charge in [0, 0.05) is 17.0 Å². The summed E-state index contributed by atoms with van der Waals surface area (Å²) in [6, 6.07) is 9.59. The van der Waals surface area contributed by atoms with Gasteiger partial charge in [-0.2, -0.15) is 0 Å². The van der Waals surface area contributed by atoms with Crippen molar-refractivity contribution in [1.29, 1.82) is 0 Å². The second kappa shape index (κ2) is 7.05. The second-order valence-electron chi connectivity index (χ2n) is 6.04. The Morgan fingerprint density at radius 1 is 1.17 bits per heavy atom. The molecule has 3 N–H and O–H groups in total. The summed E-state index contributed by atoms with van der Waals surface area (Å²) < 4.78 is 0. The van der Waals surface area contributed by atoms with Crippen molar-refractivity contribution in [2.45, 2.75) is 38.8 Å². The number of thiophene rings is 1. The normalized spacial score (nSPS) is 15.8. The Morgan fingerprint density at radius 2 is 1.96 bits per heavy atom. The summed E-state index contributed by atoms with van der Waals surface area (Å²) in [6.07, 6.45) is 1.25. The Morgan fingerprint density at radius 3 is 2.71 bits per heavy atom. The molecule has 24 heavy (non-hydrogen) atoms. The molecule has 5 nitrogen and oxygen atoms in total. The van der Waals surface area contributed by atoms with E-state index in [1.54, 1.807) is 11.3 Å². The van der Waals surface area contributed by atoms with Gasteiger partial charge in [0.1, 0.15) is 0 Å². The number of urea groups is 1. The van der Waals surface area contributed by atoms with Crippen LogP contribution in [0.1, 0.15) is 48.4 Å². The third kappa shape index (κ3) is 3.76. The van der Waals surface area contributed by atoms with Crippen LogP contribution in [-0.2, 0) is 11.2 Å². The van der Waals surface area contributed by atoms with E-state index < -0.39 is 0 Å². The first-order valence-corrected chi connectivity index (χ1v) is 8.94. The minimum absolute atomic E-state index is 0.0176. The average Bonchev–Trinajstić information content (AvgIpc) is 3.08. The Balaban J connectivity index is 1.61. The standard InChI is InChI=1S/C18H21N3O2S/c1-11(19-18(23)20-12(2)16-4-3-9-24-16)13-5-7-15-14(10-13)6-8-17(22)21-15/h3-5,7,9-12H,6,8H2,1-2H3,(H,21,22)(H2,19,20,23)/t11-,12+/m1/s1. The number of benzene rings is 1. The summed E-state index contributed by atoms with van der Waals surface area (Å²) in [4.78, 5) is 24.7. The van der Waals surface area contributed by atoms with Crippen LogP contribution in [0.5, 0.6) is 0 Å². The molecule has 0 saturated carbocycles. The fourth-order valence-corrected chi connectivity index (χ4v) is 3.53. The summed E-state index contributed by atoms with van der Waals surface area (Å²) in [7, 11) is 0. The molecule has 2 aromatic rings. The lowest BCUT2D eigenvalue weighted by Gasteiger charge is -2.21. The van der Waals surface area contributed by atoms with E-state index in [0.29, 0.717) is 6.42 Å². The number of hydrogen-bond donors (Lipinski definition) is 3. The first-order chi connectivity index (χ1) is 11.5. The number of hydrogen-bond acceptors (Lipinski definition) is 3. The van der Waals surface area contributed by atoms with Gasteiger partial charge in [0.25, 0.3) is 0 Å². The zero-order valence-corrected chi connectivity index (χ0v) is 14.6. The predicted octanol–water partition coefficient (Wildman–Crippen LogP) is 3.75. The van der Waals surface area contributed by atoms with E-state index in [9.17, 15) is 9.59 Å². The molecule has 2 heterocycles. The molecule has 1 aliphatic heterocycles. The first-order valence-electron chi connectivity index (χ1n) is 8.06. The maximum Gasteiger partial charge on any atom is 0.315 e. The predicted molar refractivity (Wildman–Crippen MR) is 96.2 cm³/mol. The van der Waals surface area contributed by atoms with Crippen molar-refractivity contribution >= 4 is 29.0 Å². The Bertz CT molecular complexity index is 743. The van der Waals surface area contributed by atoms with E-state index in [4.69, 9.17) is 0 Å². The summed E-state index contributed by atoms with van der Waals surface area (Å²) in [5.41, 5.74) is 3.02. The molecule has 1 aromatic carbocycles. The van der Waals surface area contributed by atoms with E-state index in [1.165, 1.54) is 0 Å². The molecule has 0 fully saturated rings. The van der Waals surface area contributed by atoms with E-state index in [0.717, 1.165) is 28.1 Å². The highest BCUT2D eigenvalue weighted by atomic mass is 32.1. The number of fused-ring (bicyclic) bond motifs is 1. The molecule has 0 spiro atoms. The van der Waals surface area contributed by atoms with Crippen LogP contribution in [0.25, 0.3) is 0 Å². The van der Waals surface area contributed by atoms with Gasteiger partial charge in [-0.1, -0.05) is 18.2 Å². The largest absolute Gasteiger partial charge is 0.332 e. The van der Waals surface area contributed by atoms with Crippen LogP contribution in [0.15, 0.2) is 35.7 Å². The molecule has 1 aromatic heterocycles. The van der Waals surface area contributed by atoms with Gasteiger partial charge in [0.15, 0.2) is 0 Å². The lowest BCUT2D eigenvalue weighted by atomic mass is 9.98. The molecule has 6 heteroatoms. The highest BCUT2D eigenvalue weighted by Crippen LogP contribution is 2.26. The molecule has 0 saturated heterocycles. The van der Waals surface area contributed by atoms with Gasteiger partial charge in [-0.15, -0.1) is 11.3 Å². The number of carbonyl (C=O) groups is 2. The van der Waals surface area contributed by atoms with Gasteiger partial charge < -0.3 is 16.0 Å². The quantitative estimate of drug-likeness (QED) is 0.791. The Labute approximate surface area is 145 Å². The SMILES string of the molecule is C[C@H](NC(=O)N[C@H](C)c1ccc2c(c1)CCC(=O)N2)c1cccs1. The lowest BCUT2D eigenvalue weighted by molar-refractivity contribution is -0.116. The number of carbonyl (C=O) groups excluding carboxylic acids is 2. The van der Waals surface area contributed by atoms with Crippen molar-refractivity contribution in [2.75, 3.05) is 5.32 Å². The zero-order chi connectivity index (χ0) is 17.1. The highest BCUT2D eigenvalue weighted by Gasteiger charge is 2.18. The van der Waals surface area contributed by atoms with Crippen LogP contribution in [0.3, 0.4) is 0 Å². The number of amides is 3. The summed E-state index contributed by atoms with van der Waals surface area (Å²) in [5.74, 6) is 0.0587. The van der Waals surface area contributed by atoms with Crippen LogP contribution in [0.4, 0.5) is 10.5 Å². The highest BCUT2D eigenvalue weighted by molar-refractivity contribution is 7.10. The Hall–Kier alpha value is -2.34. The summed E-state index contributed by atoms with van der Waals surface area (Å²) in [5, 5.41) is 10.8. The van der Waals surface area contributed by atoms with Gasteiger partial charge in [-0.25, -0.2) is 4.79 Å². The topological polar surface area (TPSA) is 70.2 Å². The molecule has 0 unspecified atom stereocenters. The smallest absolute Gasteiger partial charge is 0.315 e. The van der Waals surface area contributed by atoms with Crippen molar-refractivity contribution in [3.63, 3.8) is 0 Å². The zero-order valence-electron chi connectivity index (χ0n) is 13.8. The van der Waals surface area contributed by atoms with E-state index in [-0.39, 0.29) is 24.0 Å². The van der Waals surface area contributed by atoms with E-state index >= 15 is 0 Å². The van der Waals surface area contributed by atoms with Crippen molar-refractivity contribution in [2.24, 2.45) is 0 Å². The summed E-state index contributed by atoms with van der Waals surface area (Å²) in [6.45, 7) is 3.93. The first kappa shape index (κ1) is 16.5. The maximum absolute atomic E-state index is 12.2. The molecule has 1 aliphatic rings. The average molecular weight is 343 g/mol. The fourth-order valence-electron chi connectivity index (χ4n) is 2.80. The molecule has 126 valence electrons. The molecule has 0 bridgehead atoms. The van der Waals surface area contributed by atoms with Crippen LogP contribution < -0.4 is 16.0 Å². The fraction of sp³-hybridized carbons (Fsp3) is 0.333.